The molecule has 1 aromatic rings. The lowest BCUT2D eigenvalue weighted by Crippen LogP contribution is -2.46. The average molecular weight is 565 g/mol. The molecule has 0 amide bonds. The zero-order valence-corrected chi connectivity index (χ0v) is 27.4. The van der Waals surface area contributed by atoms with E-state index < -0.39 is 57.1 Å². The van der Waals surface area contributed by atoms with Gasteiger partial charge in [0.15, 0.2) is 25.0 Å². The van der Waals surface area contributed by atoms with Crippen LogP contribution in [0.5, 0.6) is 0 Å². The van der Waals surface area contributed by atoms with Crippen molar-refractivity contribution in [1.29, 1.82) is 0 Å². The van der Waals surface area contributed by atoms with Crippen LogP contribution in [0.3, 0.4) is 0 Å². The Morgan fingerprint density at radius 3 is 2.09 bits per heavy atom. The summed E-state index contributed by atoms with van der Waals surface area (Å²) in [6.45, 7) is 25.5. The average Bonchev–Trinajstić information content (AvgIpc) is 3.01. The van der Waals surface area contributed by atoms with Crippen molar-refractivity contribution in [3.05, 3.63) is 32.6 Å². The van der Waals surface area contributed by atoms with Crippen molar-refractivity contribution in [2.24, 2.45) is 0 Å². The molecule has 2 heterocycles. The molecule has 0 bridgehead atoms. The van der Waals surface area contributed by atoms with E-state index in [9.17, 15) is 9.59 Å². The Morgan fingerprint density at radius 2 is 1.60 bits per heavy atom. The van der Waals surface area contributed by atoms with Crippen molar-refractivity contribution < 1.29 is 22.1 Å². The number of nitrogens with zero attached hydrogens (tertiary/aromatic N) is 1. The lowest BCUT2D eigenvalue weighted by molar-refractivity contribution is -0.0402. The number of aromatic nitrogens is 2. The minimum atomic E-state index is -2.13. The highest BCUT2D eigenvalue weighted by molar-refractivity contribution is 7.45. The molecule has 1 saturated heterocycles. The molecule has 1 aliphatic heterocycles. The lowest BCUT2D eigenvalue weighted by Gasteiger charge is -2.39. The lowest BCUT2D eigenvalue weighted by atomic mass is 10.2. The van der Waals surface area contributed by atoms with Crippen LogP contribution in [0.15, 0.2) is 15.8 Å². The SMILES string of the molecule is Cc1cn([C@H]2C[C@H](O[Si](C)(C)C(C)(C)C)[C@@H](COP(O[Si](C)(C)C)O[Si](C)(C)C)O2)c(=O)[nH]c1=O. The molecule has 13 heteroatoms. The van der Waals surface area contributed by atoms with E-state index in [-0.39, 0.29) is 17.7 Å². The number of aromatic amines is 1. The molecular formula is C22H45N2O7PSi3. The van der Waals surface area contributed by atoms with Crippen LogP contribution in [0.4, 0.5) is 0 Å². The van der Waals surface area contributed by atoms with Crippen molar-refractivity contribution in [2.45, 2.75) is 110 Å². The Labute approximate surface area is 214 Å². The van der Waals surface area contributed by atoms with Crippen molar-refractivity contribution in [3.63, 3.8) is 0 Å². The quantitative estimate of drug-likeness (QED) is 0.297. The summed E-state index contributed by atoms with van der Waals surface area (Å²) in [5.74, 6) is 0. The smallest absolute Gasteiger partial charge is 0.330 e. The van der Waals surface area contributed by atoms with Gasteiger partial charge in [-0.05, 0) is 64.3 Å². The van der Waals surface area contributed by atoms with Gasteiger partial charge in [-0.3, -0.25) is 14.3 Å². The van der Waals surface area contributed by atoms with Gasteiger partial charge in [0.05, 0.1) is 12.7 Å². The summed E-state index contributed by atoms with van der Waals surface area (Å²) < 4.78 is 33.2. The molecule has 0 aromatic carbocycles. The largest absolute Gasteiger partial charge is 0.411 e. The predicted octanol–water partition coefficient (Wildman–Crippen LogP) is 5.47. The van der Waals surface area contributed by atoms with Crippen molar-refractivity contribution in [3.8, 4) is 0 Å². The molecule has 1 N–H and O–H groups in total. The van der Waals surface area contributed by atoms with Crippen molar-refractivity contribution in [2.75, 3.05) is 6.61 Å². The first kappa shape index (κ1) is 30.8. The summed E-state index contributed by atoms with van der Waals surface area (Å²) in [5, 5.41) is 0.0103. The molecule has 1 aromatic heterocycles. The molecule has 35 heavy (non-hydrogen) atoms. The van der Waals surface area contributed by atoms with Gasteiger partial charge in [-0.1, -0.05) is 20.8 Å². The molecule has 0 unspecified atom stereocenters. The van der Waals surface area contributed by atoms with E-state index in [2.05, 4.69) is 78.1 Å². The zero-order chi connectivity index (χ0) is 27.0. The fourth-order valence-electron chi connectivity index (χ4n) is 3.15. The molecule has 2 rings (SSSR count). The highest BCUT2D eigenvalue weighted by Gasteiger charge is 2.46. The van der Waals surface area contributed by atoms with Gasteiger partial charge in [-0.2, -0.15) is 0 Å². The monoisotopic (exact) mass is 564 g/mol. The molecule has 3 atom stereocenters. The third-order valence-electron chi connectivity index (χ3n) is 5.93. The topological polar surface area (TPSA) is 101 Å². The molecule has 0 saturated carbocycles. The Bertz CT molecular complexity index is 963. The maximum Gasteiger partial charge on any atom is 0.330 e. The second kappa shape index (κ2) is 11.1. The van der Waals surface area contributed by atoms with Gasteiger partial charge in [0.25, 0.3) is 5.56 Å². The summed E-state index contributed by atoms with van der Waals surface area (Å²) >= 11 is 0. The number of rotatable bonds is 10. The minimum absolute atomic E-state index is 0.0103. The number of ether oxygens (including phenoxy) is 1. The van der Waals surface area contributed by atoms with Gasteiger partial charge in [0.2, 0.25) is 0 Å². The summed E-state index contributed by atoms with van der Waals surface area (Å²) in [5.41, 5.74) is -0.439. The van der Waals surface area contributed by atoms with Crippen LogP contribution in [0.1, 0.15) is 39.0 Å². The van der Waals surface area contributed by atoms with E-state index in [1.54, 1.807) is 13.1 Å². The van der Waals surface area contributed by atoms with Gasteiger partial charge in [-0.25, -0.2) is 4.79 Å². The number of H-pyrrole nitrogens is 1. The Hall–Kier alpha value is -0.439. The molecule has 0 spiro atoms. The maximum absolute atomic E-state index is 12.6. The van der Waals surface area contributed by atoms with E-state index in [4.69, 9.17) is 22.1 Å². The Kier molecular flexibility index (Phi) is 9.78. The van der Waals surface area contributed by atoms with Gasteiger partial charge in [0.1, 0.15) is 12.3 Å². The molecule has 1 fully saturated rings. The second-order valence-corrected chi connectivity index (χ2v) is 28.1. The van der Waals surface area contributed by atoms with E-state index in [1.165, 1.54) is 4.57 Å². The maximum atomic E-state index is 12.6. The highest BCUT2D eigenvalue weighted by Crippen LogP contribution is 2.47. The first-order chi connectivity index (χ1) is 15.7. The molecule has 0 aliphatic carbocycles. The second-order valence-electron chi connectivity index (χ2n) is 12.7. The van der Waals surface area contributed by atoms with Gasteiger partial charge in [-0.15, -0.1) is 0 Å². The first-order valence-corrected chi connectivity index (χ1v) is 23.0. The molecule has 1 aliphatic rings. The highest BCUT2D eigenvalue weighted by atomic mass is 31.2. The number of aryl methyl sites for hydroxylation is 1. The van der Waals surface area contributed by atoms with Crippen LogP contribution in [0.25, 0.3) is 0 Å². The van der Waals surface area contributed by atoms with Crippen LogP contribution in [0, 0.1) is 6.92 Å². The minimum Gasteiger partial charge on any atom is -0.411 e. The number of hydrogen-bond donors (Lipinski definition) is 1. The van der Waals surface area contributed by atoms with Crippen molar-refractivity contribution >= 4 is 33.6 Å². The van der Waals surface area contributed by atoms with E-state index >= 15 is 0 Å². The summed E-state index contributed by atoms with van der Waals surface area (Å²) in [4.78, 5) is 26.8. The normalized spacial score (nSPS) is 22.3. The number of hydrogen-bond acceptors (Lipinski definition) is 7. The van der Waals surface area contributed by atoms with E-state index in [0.717, 1.165) is 0 Å². The standard InChI is InChI=1S/C22H45N2O7PSi3/c1-16-14-24(21(26)23-20(16)25)19-13-17(29-35(11,12)22(2,3)4)18(28-19)15-27-32(30-33(5,6)7)31-34(8,9)10/h14,17-19H,13,15H2,1-12H3,(H,23,25,26)/t17-,18+,19+/m0/s1. The molecule has 9 nitrogen and oxygen atoms in total. The summed E-state index contributed by atoms with van der Waals surface area (Å²) in [6, 6.07) is 0. The van der Waals surface area contributed by atoms with E-state index in [0.29, 0.717) is 12.0 Å². The van der Waals surface area contributed by atoms with Crippen LogP contribution in [0.2, 0.25) is 57.4 Å². The third-order valence-corrected chi connectivity index (χ3v) is 16.4. The van der Waals surface area contributed by atoms with Crippen LogP contribution in [-0.2, 0) is 22.1 Å². The fourth-order valence-corrected chi connectivity index (χ4v) is 9.26. The summed E-state index contributed by atoms with van der Waals surface area (Å²) in [6.07, 6.45) is 0.787. The first-order valence-electron chi connectivity index (χ1n) is 12.2. The predicted molar refractivity (Wildman–Crippen MR) is 148 cm³/mol. The number of nitrogens with one attached hydrogen (secondary N) is 1. The van der Waals surface area contributed by atoms with Crippen LogP contribution >= 0.6 is 8.60 Å². The fraction of sp³-hybridized carbons (Fsp3) is 0.818. The Balaban J connectivity index is 2.30. The van der Waals surface area contributed by atoms with Crippen LogP contribution < -0.4 is 11.2 Å². The molecular weight excluding hydrogens is 519 g/mol. The van der Waals surface area contributed by atoms with Crippen LogP contribution in [-0.4, -0.2) is 53.3 Å². The third kappa shape index (κ3) is 9.11. The Morgan fingerprint density at radius 1 is 1.06 bits per heavy atom. The molecule has 202 valence electrons. The van der Waals surface area contributed by atoms with Gasteiger partial charge < -0.3 is 22.1 Å². The van der Waals surface area contributed by atoms with Gasteiger partial charge in [0, 0.05) is 18.2 Å². The van der Waals surface area contributed by atoms with Gasteiger partial charge >= 0.3 is 14.3 Å². The van der Waals surface area contributed by atoms with Crippen molar-refractivity contribution in [1.82, 2.24) is 9.55 Å². The summed E-state index contributed by atoms with van der Waals surface area (Å²) in [7, 11) is -7.47. The zero-order valence-electron chi connectivity index (χ0n) is 23.5. The molecule has 0 radical (unpaired) electrons. The van der Waals surface area contributed by atoms with E-state index in [1.807, 2.05) is 0 Å².